The highest BCUT2D eigenvalue weighted by Crippen LogP contribution is 2.18. The van der Waals surface area contributed by atoms with Crippen LogP contribution in [0.25, 0.3) is 0 Å². The Hall–Kier alpha value is -0.940. The Morgan fingerprint density at radius 3 is 2.73 bits per heavy atom. The summed E-state index contributed by atoms with van der Waals surface area (Å²) in [7, 11) is 1.65. The lowest BCUT2D eigenvalue weighted by Crippen LogP contribution is -2.18. The summed E-state index contributed by atoms with van der Waals surface area (Å²) in [5.74, 6) is 1.24. The summed E-state index contributed by atoms with van der Waals surface area (Å²) in [6.45, 7) is 6.94. The minimum atomic E-state index is -0.0728. The van der Waals surface area contributed by atoms with Crippen LogP contribution in [0, 0.1) is 0 Å². The summed E-state index contributed by atoms with van der Waals surface area (Å²) >= 11 is 0. The van der Waals surface area contributed by atoms with E-state index in [2.05, 4.69) is 15.5 Å². The van der Waals surface area contributed by atoms with Crippen molar-refractivity contribution in [1.82, 2.24) is 15.5 Å². The van der Waals surface area contributed by atoms with Gasteiger partial charge in [-0.15, -0.1) is 0 Å². The summed E-state index contributed by atoms with van der Waals surface area (Å²) in [6.07, 6.45) is 0.766. The van der Waals surface area contributed by atoms with Crippen molar-refractivity contribution in [3.05, 3.63) is 11.7 Å². The summed E-state index contributed by atoms with van der Waals surface area (Å²) in [5.41, 5.74) is 0. The monoisotopic (exact) mass is 213 g/mol. The largest absolute Gasteiger partial charge is 0.373 e. The van der Waals surface area contributed by atoms with E-state index in [4.69, 9.17) is 9.26 Å². The quantitative estimate of drug-likeness (QED) is 0.781. The topological polar surface area (TPSA) is 60.2 Å². The van der Waals surface area contributed by atoms with Crippen LogP contribution in [-0.2, 0) is 4.74 Å². The number of ether oxygens (including phenoxy) is 1. The number of nitrogens with zero attached hydrogens (tertiary/aromatic N) is 2. The molecule has 1 aromatic heterocycles. The number of aromatic nitrogens is 2. The molecule has 1 rings (SSSR count). The van der Waals surface area contributed by atoms with Gasteiger partial charge in [-0.25, -0.2) is 0 Å². The maximum absolute atomic E-state index is 5.23. The molecule has 5 heteroatoms. The Morgan fingerprint density at radius 2 is 2.20 bits per heavy atom. The molecule has 86 valence electrons. The van der Waals surface area contributed by atoms with Crippen molar-refractivity contribution in [3.63, 3.8) is 0 Å². The summed E-state index contributed by atoms with van der Waals surface area (Å²) in [5, 5.41) is 7.12. The Labute approximate surface area is 90.2 Å². The SMILES string of the molecule is CCNC(C)c1nc(C(CC)OC)no1. The molecule has 1 heterocycles. The van der Waals surface area contributed by atoms with Gasteiger partial charge in [0.15, 0.2) is 0 Å². The minimum Gasteiger partial charge on any atom is -0.373 e. The molecule has 0 aliphatic carbocycles. The third-order valence-corrected chi connectivity index (χ3v) is 2.28. The highest BCUT2D eigenvalue weighted by Gasteiger charge is 2.18. The third kappa shape index (κ3) is 3.00. The summed E-state index contributed by atoms with van der Waals surface area (Å²) in [6, 6.07) is 0.0885. The molecule has 5 nitrogen and oxygen atoms in total. The number of hydrogen-bond acceptors (Lipinski definition) is 5. The first-order valence-electron chi connectivity index (χ1n) is 5.32. The molecule has 1 N–H and O–H groups in total. The second-order valence-corrected chi connectivity index (χ2v) is 3.40. The van der Waals surface area contributed by atoms with Crippen molar-refractivity contribution >= 4 is 0 Å². The predicted molar refractivity (Wildman–Crippen MR) is 56.4 cm³/mol. The predicted octanol–water partition coefficient (Wildman–Crippen LogP) is 1.84. The van der Waals surface area contributed by atoms with Crippen molar-refractivity contribution in [2.24, 2.45) is 0 Å². The van der Waals surface area contributed by atoms with Crippen LogP contribution in [0.5, 0.6) is 0 Å². The Morgan fingerprint density at radius 1 is 1.47 bits per heavy atom. The zero-order chi connectivity index (χ0) is 11.3. The van der Waals surface area contributed by atoms with E-state index in [9.17, 15) is 0 Å². The summed E-state index contributed by atoms with van der Waals surface area (Å²) < 4.78 is 10.4. The second-order valence-electron chi connectivity index (χ2n) is 3.40. The van der Waals surface area contributed by atoms with E-state index < -0.39 is 0 Å². The van der Waals surface area contributed by atoms with Gasteiger partial charge < -0.3 is 14.6 Å². The average molecular weight is 213 g/mol. The standard InChI is InChI=1S/C10H19N3O2/c1-5-8(14-4)9-12-10(15-13-9)7(3)11-6-2/h7-8,11H,5-6H2,1-4H3. The highest BCUT2D eigenvalue weighted by molar-refractivity contribution is 4.94. The second kappa shape index (κ2) is 5.82. The molecule has 0 spiro atoms. The van der Waals surface area contributed by atoms with Crippen LogP contribution in [-0.4, -0.2) is 23.8 Å². The van der Waals surface area contributed by atoms with E-state index in [-0.39, 0.29) is 12.1 Å². The van der Waals surface area contributed by atoms with Gasteiger partial charge in [0.05, 0.1) is 6.04 Å². The fraction of sp³-hybridized carbons (Fsp3) is 0.800. The van der Waals surface area contributed by atoms with Gasteiger partial charge in [0.1, 0.15) is 6.10 Å². The van der Waals surface area contributed by atoms with Gasteiger partial charge in [-0.1, -0.05) is 19.0 Å². The van der Waals surface area contributed by atoms with Crippen LogP contribution in [0.1, 0.15) is 51.1 Å². The first-order chi connectivity index (χ1) is 7.22. The molecule has 15 heavy (non-hydrogen) atoms. The molecule has 2 atom stereocenters. The van der Waals surface area contributed by atoms with Crippen molar-refractivity contribution in [3.8, 4) is 0 Å². The molecule has 0 aliphatic heterocycles. The maximum Gasteiger partial charge on any atom is 0.243 e. The average Bonchev–Trinajstić information content (AvgIpc) is 2.69. The lowest BCUT2D eigenvalue weighted by Gasteiger charge is -2.07. The number of methoxy groups -OCH3 is 1. The van der Waals surface area contributed by atoms with Gasteiger partial charge in [-0.05, 0) is 19.9 Å². The lowest BCUT2D eigenvalue weighted by atomic mass is 10.2. The van der Waals surface area contributed by atoms with E-state index in [0.29, 0.717) is 11.7 Å². The molecule has 0 saturated carbocycles. The van der Waals surface area contributed by atoms with Gasteiger partial charge in [0, 0.05) is 7.11 Å². The lowest BCUT2D eigenvalue weighted by molar-refractivity contribution is 0.0903. The van der Waals surface area contributed by atoms with Crippen LogP contribution in [0.3, 0.4) is 0 Å². The normalized spacial score (nSPS) is 15.2. The van der Waals surface area contributed by atoms with E-state index in [1.807, 2.05) is 20.8 Å². The molecule has 0 radical (unpaired) electrons. The van der Waals surface area contributed by atoms with E-state index in [0.717, 1.165) is 13.0 Å². The van der Waals surface area contributed by atoms with Crippen molar-refractivity contribution < 1.29 is 9.26 Å². The van der Waals surface area contributed by atoms with Gasteiger partial charge in [-0.3, -0.25) is 0 Å². The van der Waals surface area contributed by atoms with E-state index in [1.165, 1.54) is 0 Å². The minimum absolute atomic E-state index is 0.0728. The fourth-order valence-electron chi connectivity index (χ4n) is 1.40. The molecule has 0 amide bonds. The van der Waals surface area contributed by atoms with Gasteiger partial charge in [0.25, 0.3) is 0 Å². The van der Waals surface area contributed by atoms with Crippen LogP contribution >= 0.6 is 0 Å². The van der Waals surface area contributed by atoms with Crippen LogP contribution in [0.4, 0.5) is 0 Å². The molecular formula is C10H19N3O2. The van der Waals surface area contributed by atoms with Crippen molar-refractivity contribution in [2.75, 3.05) is 13.7 Å². The van der Waals surface area contributed by atoms with E-state index >= 15 is 0 Å². The molecule has 0 aliphatic rings. The molecular weight excluding hydrogens is 194 g/mol. The smallest absolute Gasteiger partial charge is 0.243 e. The van der Waals surface area contributed by atoms with Crippen molar-refractivity contribution in [2.45, 2.75) is 39.3 Å². The van der Waals surface area contributed by atoms with Gasteiger partial charge in [-0.2, -0.15) is 4.98 Å². The molecule has 1 aromatic rings. The highest BCUT2D eigenvalue weighted by atomic mass is 16.5. The Bertz CT molecular complexity index is 284. The zero-order valence-corrected chi connectivity index (χ0v) is 9.78. The molecule has 0 saturated heterocycles. The Kier molecular flexibility index (Phi) is 4.71. The maximum atomic E-state index is 5.23. The van der Waals surface area contributed by atoms with E-state index in [1.54, 1.807) is 7.11 Å². The van der Waals surface area contributed by atoms with Gasteiger partial charge in [0.2, 0.25) is 11.7 Å². The number of nitrogens with one attached hydrogen (secondary N) is 1. The zero-order valence-electron chi connectivity index (χ0n) is 9.78. The molecule has 0 aromatic carbocycles. The number of hydrogen-bond donors (Lipinski definition) is 1. The van der Waals surface area contributed by atoms with Gasteiger partial charge >= 0.3 is 0 Å². The molecule has 2 unspecified atom stereocenters. The molecule has 0 fully saturated rings. The first-order valence-corrected chi connectivity index (χ1v) is 5.32. The van der Waals surface area contributed by atoms with Crippen LogP contribution in [0.2, 0.25) is 0 Å². The Balaban J connectivity index is 2.70. The third-order valence-electron chi connectivity index (χ3n) is 2.28. The summed E-state index contributed by atoms with van der Waals surface area (Å²) in [4.78, 5) is 4.31. The first kappa shape index (κ1) is 12.1. The van der Waals surface area contributed by atoms with Crippen LogP contribution in [0.15, 0.2) is 4.52 Å². The fourth-order valence-corrected chi connectivity index (χ4v) is 1.40. The van der Waals surface area contributed by atoms with Crippen LogP contribution < -0.4 is 5.32 Å². The molecule has 0 bridgehead atoms. The number of rotatable bonds is 6. The van der Waals surface area contributed by atoms with Crippen molar-refractivity contribution in [1.29, 1.82) is 0 Å².